The molecule has 0 amide bonds. The Balaban J connectivity index is 2.48. The van der Waals surface area contributed by atoms with Crippen LogP contribution in [0, 0.1) is 15.5 Å². The van der Waals surface area contributed by atoms with E-state index in [0.29, 0.717) is 17.5 Å². The maximum atomic E-state index is 11.3. The summed E-state index contributed by atoms with van der Waals surface area (Å²) in [5, 5.41) is 11.1. The topological polar surface area (TPSA) is 56.0 Å². The number of hydrogen-bond donors (Lipinski definition) is 0. The van der Waals surface area contributed by atoms with Crippen LogP contribution in [-0.4, -0.2) is 15.3 Å². The van der Waals surface area contributed by atoms with Crippen LogP contribution in [0.3, 0.4) is 0 Å². The summed E-state index contributed by atoms with van der Waals surface area (Å²) >= 11 is 7.76. The molecular weight excluding hydrogens is 284 g/mol. The lowest BCUT2D eigenvalue weighted by Gasteiger charge is -2.25. The lowest BCUT2D eigenvalue weighted by molar-refractivity contribution is -0.383. The van der Waals surface area contributed by atoms with Gasteiger partial charge in [-0.25, -0.2) is 4.98 Å². The van der Waals surface area contributed by atoms with Crippen molar-refractivity contribution in [2.45, 2.75) is 32.6 Å². The SMILES string of the molecule is CC(C)(C)C(Cl)Cc1ccc2scnc2c1[N+](=O)[O-]. The number of rotatable bonds is 3. The lowest BCUT2D eigenvalue weighted by atomic mass is 9.87. The van der Waals surface area contributed by atoms with E-state index in [1.165, 1.54) is 11.3 Å². The highest BCUT2D eigenvalue weighted by molar-refractivity contribution is 7.16. The average molecular weight is 299 g/mol. The van der Waals surface area contributed by atoms with Gasteiger partial charge in [0, 0.05) is 10.9 Å². The number of aromatic nitrogens is 1. The predicted molar refractivity (Wildman–Crippen MR) is 79.1 cm³/mol. The third kappa shape index (κ3) is 2.87. The van der Waals surface area contributed by atoms with Gasteiger partial charge in [0.2, 0.25) is 0 Å². The van der Waals surface area contributed by atoms with Gasteiger partial charge in [-0.2, -0.15) is 0 Å². The third-order valence-corrected chi connectivity index (χ3v) is 4.68. The molecule has 1 aromatic carbocycles. The van der Waals surface area contributed by atoms with Crippen molar-refractivity contribution < 1.29 is 4.92 Å². The molecule has 1 unspecified atom stereocenters. The summed E-state index contributed by atoms with van der Waals surface area (Å²) in [5.74, 6) is 0. The van der Waals surface area contributed by atoms with E-state index in [0.717, 1.165) is 4.70 Å². The summed E-state index contributed by atoms with van der Waals surface area (Å²) in [4.78, 5) is 15.0. The minimum Gasteiger partial charge on any atom is -0.258 e. The molecule has 0 radical (unpaired) electrons. The molecule has 0 N–H and O–H groups in total. The van der Waals surface area contributed by atoms with Crippen molar-refractivity contribution in [3.63, 3.8) is 0 Å². The molecule has 0 bridgehead atoms. The number of fused-ring (bicyclic) bond motifs is 1. The summed E-state index contributed by atoms with van der Waals surface area (Å²) in [6.07, 6.45) is 0.467. The Morgan fingerprint density at radius 1 is 1.47 bits per heavy atom. The summed E-state index contributed by atoms with van der Waals surface area (Å²) in [6.45, 7) is 6.08. The molecule has 0 saturated carbocycles. The highest BCUT2D eigenvalue weighted by Crippen LogP contribution is 2.35. The standard InChI is InChI=1S/C13H15ClN2O2S/c1-13(2,3)10(14)6-8-4-5-9-11(15-7-19-9)12(8)16(17)18/h4-5,7,10H,6H2,1-3H3. The van der Waals surface area contributed by atoms with Gasteiger partial charge in [-0.1, -0.05) is 26.8 Å². The summed E-state index contributed by atoms with van der Waals surface area (Å²) < 4.78 is 0.831. The van der Waals surface area contributed by atoms with E-state index in [9.17, 15) is 10.1 Å². The minimum absolute atomic E-state index is 0.0913. The van der Waals surface area contributed by atoms with Gasteiger partial charge in [-0.05, 0) is 17.9 Å². The zero-order valence-electron chi connectivity index (χ0n) is 11.0. The normalized spacial score (nSPS) is 13.7. The molecule has 19 heavy (non-hydrogen) atoms. The third-order valence-electron chi connectivity index (χ3n) is 3.08. The molecule has 0 fully saturated rings. The molecule has 1 aromatic heterocycles. The monoisotopic (exact) mass is 298 g/mol. The zero-order valence-corrected chi connectivity index (χ0v) is 12.6. The highest BCUT2D eigenvalue weighted by atomic mass is 35.5. The molecule has 0 spiro atoms. The number of halogens is 1. The molecule has 0 aliphatic heterocycles. The molecule has 2 aromatic rings. The van der Waals surface area contributed by atoms with E-state index in [4.69, 9.17) is 11.6 Å². The molecule has 0 saturated heterocycles. The van der Waals surface area contributed by atoms with Gasteiger partial charge in [0.25, 0.3) is 5.69 Å². The molecular formula is C13H15ClN2O2S. The Labute approximate surface area is 120 Å². The van der Waals surface area contributed by atoms with Crippen molar-refractivity contribution in [2.24, 2.45) is 5.41 Å². The minimum atomic E-state index is -0.357. The van der Waals surface area contributed by atoms with Gasteiger partial charge in [-0.3, -0.25) is 10.1 Å². The van der Waals surface area contributed by atoms with Crippen molar-refractivity contribution >= 4 is 38.8 Å². The van der Waals surface area contributed by atoms with Gasteiger partial charge in [0.05, 0.1) is 15.1 Å². The van der Waals surface area contributed by atoms with E-state index >= 15 is 0 Å². The number of benzene rings is 1. The zero-order chi connectivity index (χ0) is 14.2. The van der Waals surface area contributed by atoms with Gasteiger partial charge in [-0.15, -0.1) is 22.9 Å². The molecule has 102 valence electrons. The number of thiazole rings is 1. The average Bonchev–Trinajstić information content (AvgIpc) is 2.74. The van der Waals surface area contributed by atoms with E-state index in [1.54, 1.807) is 11.6 Å². The molecule has 4 nitrogen and oxygen atoms in total. The predicted octanol–water partition coefficient (Wildman–Crippen LogP) is 4.40. The second-order valence-electron chi connectivity index (χ2n) is 5.57. The van der Waals surface area contributed by atoms with Crippen LogP contribution in [0.4, 0.5) is 5.69 Å². The fourth-order valence-corrected chi connectivity index (χ4v) is 2.67. The fourth-order valence-electron chi connectivity index (χ4n) is 1.83. The Hall–Kier alpha value is -1.20. The first-order valence-electron chi connectivity index (χ1n) is 5.94. The summed E-state index contributed by atoms with van der Waals surface area (Å²) in [5.41, 5.74) is 2.73. The Morgan fingerprint density at radius 3 is 2.74 bits per heavy atom. The van der Waals surface area contributed by atoms with Crippen LogP contribution in [0.15, 0.2) is 17.6 Å². The van der Waals surface area contributed by atoms with Gasteiger partial charge < -0.3 is 0 Å². The lowest BCUT2D eigenvalue weighted by Crippen LogP contribution is -2.23. The van der Waals surface area contributed by atoms with E-state index in [1.807, 2.05) is 26.8 Å². The van der Waals surface area contributed by atoms with Crippen LogP contribution in [0.25, 0.3) is 10.2 Å². The van der Waals surface area contributed by atoms with E-state index in [-0.39, 0.29) is 21.4 Å². The first kappa shape index (κ1) is 14.2. The molecule has 2 rings (SSSR count). The Morgan fingerprint density at radius 2 is 2.16 bits per heavy atom. The summed E-state index contributed by atoms with van der Waals surface area (Å²) in [6, 6.07) is 3.67. The van der Waals surface area contributed by atoms with Crippen molar-refractivity contribution in [3.05, 3.63) is 33.3 Å². The number of alkyl halides is 1. The van der Waals surface area contributed by atoms with Crippen LogP contribution < -0.4 is 0 Å². The molecule has 1 heterocycles. The summed E-state index contributed by atoms with van der Waals surface area (Å²) in [7, 11) is 0. The van der Waals surface area contributed by atoms with Crippen molar-refractivity contribution in [1.29, 1.82) is 0 Å². The van der Waals surface area contributed by atoms with Crippen LogP contribution in [0.5, 0.6) is 0 Å². The molecule has 0 aliphatic carbocycles. The van der Waals surface area contributed by atoms with Gasteiger partial charge >= 0.3 is 0 Å². The first-order valence-corrected chi connectivity index (χ1v) is 7.26. The number of nitrogens with zero attached hydrogens (tertiary/aromatic N) is 2. The maximum absolute atomic E-state index is 11.3. The fraction of sp³-hybridized carbons (Fsp3) is 0.462. The second kappa shape index (κ2) is 5.06. The van der Waals surface area contributed by atoms with Gasteiger partial charge in [0.15, 0.2) is 5.52 Å². The number of hydrogen-bond acceptors (Lipinski definition) is 4. The van der Waals surface area contributed by atoms with Crippen LogP contribution in [-0.2, 0) is 6.42 Å². The van der Waals surface area contributed by atoms with Crippen LogP contribution in [0.1, 0.15) is 26.3 Å². The molecule has 0 aliphatic rings. The van der Waals surface area contributed by atoms with Crippen molar-refractivity contribution in [1.82, 2.24) is 4.98 Å². The van der Waals surface area contributed by atoms with Crippen molar-refractivity contribution in [3.8, 4) is 0 Å². The number of nitro groups is 1. The number of nitro benzene ring substituents is 1. The molecule has 1 atom stereocenters. The molecule has 6 heteroatoms. The smallest absolute Gasteiger partial charge is 0.258 e. The van der Waals surface area contributed by atoms with Crippen molar-refractivity contribution in [2.75, 3.05) is 0 Å². The van der Waals surface area contributed by atoms with Crippen LogP contribution >= 0.6 is 22.9 Å². The first-order chi connectivity index (χ1) is 8.80. The van der Waals surface area contributed by atoms with Gasteiger partial charge in [0.1, 0.15) is 0 Å². The largest absolute Gasteiger partial charge is 0.299 e. The quantitative estimate of drug-likeness (QED) is 0.479. The Kier molecular flexibility index (Phi) is 3.78. The van der Waals surface area contributed by atoms with Crippen LogP contribution in [0.2, 0.25) is 0 Å². The Bertz CT molecular complexity index is 619. The maximum Gasteiger partial charge on any atom is 0.299 e. The van der Waals surface area contributed by atoms with E-state index in [2.05, 4.69) is 4.98 Å². The highest BCUT2D eigenvalue weighted by Gasteiger charge is 2.27. The van der Waals surface area contributed by atoms with E-state index < -0.39 is 0 Å². The second-order valence-corrected chi connectivity index (χ2v) is 6.98.